The van der Waals surface area contributed by atoms with E-state index in [0.717, 1.165) is 4.57 Å². The number of hydrogen-bond donors (Lipinski definition) is 6. The average molecular weight is 520 g/mol. The Morgan fingerprint density at radius 3 is 2.61 bits per heavy atom. The predicted octanol–water partition coefficient (Wildman–Crippen LogP) is -0.157. The van der Waals surface area contributed by atoms with Crippen LogP contribution in [0.1, 0.15) is 29.6 Å². The van der Waals surface area contributed by atoms with Crippen molar-refractivity contribution in [3.05, 3.63) is 56.9 Å². The quantitative estimate of drug-likeness (QED) is 0.186. The lowest BCUT2D eigenvalue weighted by Gasteiger charge is -2.22. The minimum atomic E-state index is -0.981. The summed E-state index contributed by atoms with van der Waals surface area (Å²) in [7, 11) is 8.95. The monoisotopic (exact) mass is 520 g/mol. The van der Waals surface area contributed by atoms with Crippen LogP contribution >= 0.6 is 0 Å². The first-order valence-corrected chi connectivity index (χ1v) is 11.5. The first-order chi connectivity index (χ1) is 18.2. The second-order valence-electron chi connectivity index (χ2n) is 8.36. The number of nitrogens with zero attached hydrogens (tertiary/aromatic N) is 4. The zero-order chi connectivity index (χ0) is 27.6. The summed E-state index contributed by atoms with van der Waals surface area (Å²) in [6.07, 6.45) is 7.13. The molecule has 7 N–H and O–H groups in total. The first-order valence-electron chi connectivity index (χ1n) is 11.5. The zero-order valence-corrected chi connectivity index (χ0v) is 20.6. The Bertz CT molecular complexity index is 1620. The molecule has 4 aromatic heterocycles. The molecule has 1 amide bonds. The highest BCUT2D eigenvalue weighted by atomic mass is 16.5. The average Bonchev–Trinajstić information content (AvgIpc) is 3.30. The van der Waals surface area contributed by atoms with Gasteiger partial charge in [0.1, 0.15) is 30.7 Å². The van der Waals surface area contributed by atoms with E-state index in [4.69, 9.17) is 18.3 Å². The smallest absolute Gasteiger partial charge is 0.291 e. The molecule has 0 saturated heterocycles. The fraction of sp³-hybridized carbons (Fsp3) is 0.261. The summed E-state index contributed by atoms with van der Waals surface area (Å²) in [6.45, 7) is 0. The number of fused-ring (bicyclic) bond motifs is 1. The number of methoxy groups -OCH3 is 1. The molecule has 4 aromatic rings. The van der Waals surface area contributed by atoms with Crippen LogP contribution in [0, 0.1) is 0 Å². The van der Waals surface area contributed by atoms with Crippen LogP contribution in [-0.2, 0) is 4.74 Å². The molecule has 0 aromatic carbocycles. The number of carbonyl (C=O) groups is 1. The lowest BCUT2D eigenvalue weighted by molar-refractivity contribution is 0.0412. The van der Waals surface area contributed by atoms with E-state index in [1.54, 1.807) is 20.2 Å². The fourth-order valence-electron chi connectivity index (χ4n) is 3.65. The molecule has 1 aliphatic carbocycles. The van der Waals surface area contributed by atoms with Gasteiger partial charge in [0.05, 0.1) is 12.3 Å². The van der Waals surface area contributed by atoms with Crippen molar-refractivity contribution in [1.29, 1.82) is 0 Å². The van der Waals surface area contributed by atoms with Gasteiger partial charge < -0.3 is 36.3 Å². The van der Waals surface area contributed by atoms with Gasteiger partial charge in [0.2, 0.25) is 0 Å². The molecule has 2 radical (unpaired) electrons. The van der Waals surface area contributed by atoms with Gasteiger partial charge in [-0.25, -0.2) is 4.98 Å². The van der Waals surface area contributed by atoms with Gasteiger partial charge in [-0.2, -0.15) is 9.61 Å². The van der Waals surface area contributed by atoms with Crippen molar-refractivity contribution < 1.29 is 19.7 Å². The molecule has 196 valence electrons. The molecule has 0 bridgehead atoms. The molecule has 15 heteroatoms. The number of amides is 1. The maximum Gasteiger partial charge on any atom is 0.291 e. The molecule has 1 fully saturated rings. The standard InChI is InChI=1S/C18H15BN8O5.C5H10O/c1-21-10-5-9(24-15-7(14(20)30)6-22-27(10)15)23-8-3-2-4-26(18(8)32)16-12(28)11(19)13(29)17(31)25-16;1-6-5-3-2-4-5/h2-6,21,28-29H,1H3,(H2,20,30)(H,23,24)(H,25,31);5H,2-4H2,1H3. The number of aromatic hydroxyl groups is 2. The molecule has 1 saturated carbocycles. The van der Waals surface area contributed by atoms with Gasteiger partial charge in [-0.3, -0.25) is 19.0 Å². The Morgan fingerprint density at radius 1 is 1.29 bits per heavy atom. The van der Waals surface area contributed by atoms with Gasteiger partial charge in [-0.1, -0.05) is 0 Å². The van der Waals surface area contributed by atoms with Crippen LogP contribution in [0.5, 0.6) is 11.5 Å². The second-order valence-corrected chi connectivity index (χ2v) is 8.36. The van der Waals surface area contributed by atoms with E-state index >= 15 is 0 Å². The first kappa shape index (κ1) is 26.3. The summed E-state index contributed by atoms with van der Waals surface area (Å²) in [6, 6.07) is 4.45. The van der Waals surface area contributed by atoms with E-state index in [2.05, 4.69) is 25.7 Å². The second kappa shape index (κ2) is 10.7. The Labute approximate surface area is 216 Å². The number of hydrogen-bond acceptors (Lipinski definition) is 10. The summed E-state index contributed by atoms with van der Waals surface area (Å²) in [4.78, 5) is 43.0. The number of nitrogens with two attached hydrogens (primary N) is 1. The number of rotatable bonds is 6. The van der Waals surface area contributed by atoms with E-state index in [1.807, 2.05) is 0 Å². The van der Waals surface area contributed by atoms with Gasteiger partial charge in [-0.15, -0.1) is 0 Å². The Hall–Kier alpha value is -4.79. The van der Waals surface area contributed by atoms with Crippen molar-refractivity contribution >= 4 is 42.2 Å². The number of aromatic nitrogens is 5. The molecule has 4 heterocycles. The van der Waals surface area contributed by atoms with Gasteiger partial charge in [0.25, 0.3) is 17.0 Å². The largest absolute Gasteiger partial charge is 0.505 e. The molecule has 0 aliphatic heterocycles. The predicted molar refractivity (Wildman–Crippen MR) is 140 cm³/mol. The van der Waals surface area contributed by atoms with Gasteiger partial charge in [0.15, 0.2) is 23.0 Å². The van der Waals surface area contributed by atoms with Crippen LogP contribution < -0.4 is 32.9 Å². The molecular formula is C23H25BN8O6. The van der Waals surface area contributed by atoms with E-state index in [1.165, 1.54) is 48.3 Å². The van der Waals surface area contributed by atoms with Crippen LogP contribution in [0.2, 0.25) is 0 Å². The van der Waals surface area contributed by atoms with Crippen LogP contribution in [0.3, 0.4) is 0 Å². The number of primary amides is 1. The van der Waals surface area contributed by atoms with E-state index in [-0.39, 0.29) is 28.5 Å². The van der Waals surface area contributed by atoms with Crippen molar-refractivity contribution in [1.82, 2.24) is 24.1 Å². The molecule has 1 aliphatic rings. The fourth-order valence-corrected chi connectivity index (χ4v) is 3.65. The van der Waals surface area contributed by atoms with Crippen molar-refractivity contribution in [2.75, 3.05) is 24.8 Å². The number of carbonyl (C=O) groups excluding carboxylic acids is 1. The van der Waals surface area contributed by atoms with Crippen molar-refractivity contribution in [3.8, 4) is 17.3 Å². The molecule has 0 spiro atoms. The summed E-state index contributed by atoms with van der Waals surface area (Å²) in [5.74, 6) is -1.96. The van der Waals surface area contributed by atoms with Gasteiger partial charge >= 0.3 is 0 Å². The minimum Gasteiger partial charge on any atom is -0.505 e. The number of nitrogens with one attached hydrogen (secondary N) is 3. The van der Waals surface area contributed by atoms with Crippen LogP contribution in [0.15, 0.2) is 40.2 Å². The molecule has 38 heavy (non-hydrogen) atoms. The number of ether oxygens (including phenoxy) is 1. The number of aromatic amines is 1. The third-order valence-corrected chi connectivity index (χ3v) is 6.01. The molecule has 0 atom stereocenters. The summed E-state index contributed by atoms with van der Waals surface area (Å²) >= 11 is 0. The number of pyridine rings is 2. The lowest BCUT2D eigenvalue weighted by atomic mass is 9.95. The Morgan fingerprint density at radius 2 is 2.03 bits per heavy atom. The van der Waals surface area contributed by atoms with Gasteiger partial charge in [0, 0.05) is 26.4 Å². The molecule has 14 nitrogen and oxygen atoms in total. The van der Waals surface area contributed by atoms with Crippen molar-refractivity contribution in [3.63, 3.8) is 0 Å². The Kier molecular flexibility index (Phi) is 7.39. The Balaban J connectivity index is 0.000000494. The van der Waals surface area contributed by atoms with Gasteiger partial charge in [-0.05, 0) is 36.9 Å². The van der Waals surface area contributed by atoms with E-state index in [0.29, 0.717) is 11.9 Å². The lowest BCUT2D eigenvalue weighted by Crippen LogP contribution is -2.27. The number of H-pyrrole nitrogens is 1. The zero-order valence-electron chi connectivity index (χ0n) is 20.6. The van der Waals surface area contributed by atoms with E-state index < -0.39 is 34.0 Å². The van der Waals surface area contributed by atoms with Crippen LogP contribution in [0.25, 0.3) is 11.5 Å². The topological polar surface area (TPSA) is 202 Å². The minimum absolute atomic E-state index is 0.0124. The highest BCUT2D eigenvalue weighted by Crippen LogP contribution is 2.22. The summed E-state index contributed by atoms with van der Waals surface area (Å²) in [5, 5.41) is 29.6. The SMILES string of the molecule is COC1CCC1.[B]c1c(O)c(-n2cccc(Nc3cc(NC)n4ncc(C(N)=O)c4n3)c2=O)[nH]c(=O)c1O. The summed E-state index contributed by atoms with van der Waals surface area (Å²) < 4.78 is 7.29. The normalized spacial score (nSPS) is 12.9. The molecular weight excluding hydrogens is 495 g/mol. The van der Waals surface area contributed by atoms with E-state index in [9.17, 15) is 24.6 Å². The van der Waals surface area contributed by atoms with Crippen molar-refractivity contribution in [2.45, 2.75) is 25.4 Å². The highest BCUT2D eigenvalue weighted by Gasteiger charge is 2.18. The molecule has 5 rings (SSSR count). The third-order valence-electron chi connectivity index (χ3n) is 6.01. The van der Waals surface area contributed by atoms with Crippen molar-refractivity contribution in [2.24, 2.45) is 5.73 Å². The number of anilines is 3. The summed E-state index contributed by atoms with van der Waals surface area (Å²) in [5.41, 5.74) is 3.39. The van der Waals surface area contributed by atoms with Crippen LogP contribution in [-0.4, -0.2) is 68.4 Å². The third kappa shape index (κ3) is 4.91. The molecule has 0 unspecified atom stereocenters. The maximum absolute atomic E-state index is 13.0. The van der Waals surface area contributed by atoms with Crippen LogP contribution in [0.4, 0.5) is 17.3 Å². The highest BCUT2D eigenvalue weighted by molar-refractivity contribution is 6.36. The maximum atomic E-state index is 13.0.